The fraction of sp³-hybridized carbons (Fsp3) is 0.0833. The third-order valence-corrected chi connectivity index (χ3v) is 2.60. The van der Waals surface area contributed by atoms with Gasteiger partial charge in [0.25, 0.3) is 5.56 Å². The van der Waals surface area contributed by atoms with Crippen LogP contribution in [0.4, 0.5) is 0 Å². The molecule has 0 bridgehead atoms. The van der Waals surface area contributed by atoms with E-state index in [0.717, 1.165) is 17.0 Å². The second-order valence-corrected chi connectivity index (χ2v) is 3.58. The maximum absolute atomic E-state index is 11.7. The highest BCUT2D eigenvalue weighted by molar-refractivity contribution is 6.14. The van der Waals surface area contributed by atoms with Crippen LogP contribution in [-0.4, -0.2) is 15.7 Å². The Balaban J connectivity index is 2.20. The van der Waals surface area contributed by atoms with Gasteiger partial charge in [0, 0.05) is 5.56 Å². The zero-order chi connectivity index (χ0) is 11.0. The maximum atomic E-state index is 11.7. The third kappa shape index (κ3) is 1.27. The minimum absolute atomic E-state index is 0.120. The molecule has 1 N–H and O–H groups in total. The lowest BCUT2D eigenvalue weighted by Gasteiger charge is -2.01. The molecule has 0 saturated carbocycles. The number of aromatic amines is 1. The van der Waals surface area contributed by atoms with Gasteiger partial charge in [-0.25, -0.2) is 4.98 Å². The molecule has 3 rings (SSSR count). The van der Waals surface area contributed by atoms with Crippen molar-refractivity contribution in [1.29, 1.82) is 0 Å². The lowest BCUT2D eigenvalue weighted by Crippen LogP contribution is -2.18. The number of aliphatic imine (C=N–C) groups is 1. The maximum Gasteiger partial charge on any atom is 0.260 e. The molecule has 0 saturated heterocycles. The summed E-state index contributed by atoms with van der Waals surface area (Å²) in [6.07, 6.45) is 1.42. The Morgan fingerprint density at radius 2 is 2.00 bits per heavy atom. The molecule has 4 heteroatoms. The number of fused-ring (bicyclic) bond motifs is 1. The monoisotopic (exact) mass is 211 g/mol. The van der Waals surface area contributed by atoms with Crippen LogP contribution in [0.1, 0.15) is 16.8 Å². The highest BCUT2D eigenvalue weighted by Crippen LogP contribution is 2.17. The molecule has 0 atom stereocenters. The average molecular weight is 211 g/mol. The first-order chi connectivity index (χ1) is 7.86. The van der Waals surface area contributed by atoms with Crippen LogP contribution >= 0.6 is 0 Å². The number of benzene rings is 1. The summed E-state index contributed by atoms with van der Waals surface area (Å²) in [5.74, 6) is 0. The molecular formula is C12H9N3O. The van der Waals surface area contributed by atoms with E-state index in [-0.39, 0.29) is 5.56 Å². The number of nitrogens with zero attached hydrogens (tertiary/aromatic N) is 2. The Labute approximate surface area is 91.7 Å². The Hall–Kier alpha value is -2.23. The van der Waals surface area contributed by atoms with Gasteiger partial charge in [-0.1, -0.05) is 30.3 Å². The second-order valence-electron chi connectivity index (χ2n) is 3.58. The highest BCUT2D eigenvalue weighted by Gasteiger charge is 2.21. The number of nitrogens with one attached hydrogen (secondary N) is 1. The molecule has 0 amide bonds. The lowest BCUT2D eigenvalue weighted by atomic mass is 10.0. The van der Waals surface area contributed by atoms with Crippen molar-refractivity contribution in [3.63, 3.8) is 0 Å². The van der Waals surface area contributed by atoms with Crippen LogP contribution < -0.4 is 5.56 Å². The van der Waals surface area contributed by atoms with Crippen molar-refractivity contribution in [2.75, 3.05) is 0 Å². The Morgan fingerprint density at radius 3 is 2.81 bits per heavy atom. The molecular weight excluding hydrogens is 202 g/mol. The average Bonchev–Trinajstić information content (AvgIpc) is 2.75. The van der Waals surface area contributed by atoms with Gasteiger partial charge in [-0.15, -0.1) is 0 Å². The van der Waals surface area contributed by atoms with Crippen LogP contribution in [0.5, 0.6) is 0 Å². The summed E-state index contributed by atoms with van der Waals surface area (Å²) >= 11 is 0. The summed E-state index contributed by atoms with van der Waals surface area (Å²) in [5, 5.41) is 0. The van der Waals surface area contributed by atoms with E-state index < -0.39 is 0 Å². The summed E-state index contributed by atoms with van der Waals surface area (Å²) in [4.78, 5) is 22.8. The van der Waals surface area contributed by atoms with Crippen LogP contribution in [0, 0.1) is 0 Å². The minimum Gasteiger partial charge on any atom is -0.313 e. The summed E-state index contributed by atoms with van der Waals surface area (Å²) in [6, 6.07) is 9.69. The topological polar surface area (TPSA) is 58.1 Å². The quantitative estimate of drug-likeness (QED) is 0.768. The molecule has 0 aliphatic carbocycles. The van der Waals surface area contributed by atoms with Gasteiger partial charge in [-0.3, -0.25) is 9.79 Å². The van der Waals surface area contributed by atoms with Gasteiger partial charge >= 0.3 is 0 Å². The summed E-state index contributed by atoms with van der Waals surface area (Å²) < 4.78 is 0. The van der Waals surface area contributed by atoms with E-state index in [2.05, 4.69) is 15.0 Å². The van der Waals surface area contributed by atoms with E-state index in [1.54, 1.807) is 0 Å². The second kappa shape index (κ2) is 3.41. The molecule has 1 aliphatic heterocycles. The van der Waals surface area contributed by atoms with E-state index in [9.17, 15) is 4.79 Å². The normalized spacial score (nSPS) is 13.4. The molecule has 0 fully saturated rings. The summed E-state index contributed by atoms with van der Waals surface area (Å²) in [7, 11) is 0. The zero-order valence-corrected chi connectivity index (χ0v) is 8.47. The molecule has 0 spiro atoms. The number of rotatable bonds is 1. The number of H-pyrrole nitrogens is 1. The van der Waals surface area contributed by atoms with Crippen LogP contribution in [0.25, 0.3) is 0 Å². The smallest absolute Gasteiger partial charge is 0.260 e. The molecule has 16 heavy (non-hydrogen) atoms. The van der Waals surface area contributed by atoms with Gasteiger partial charge < -0.3 is 4.98 Å². The van der Waals surface area contributed by atoms with E-state index in [1.807, 2.05) is 30.3 Å². The van der Waals surface area contributed by atoms with Crippen LogP contribution in [0.3, 0.4) is 0 Å². The van der Waals surface area contributed by atoms with Gasteiger partial charge in [-0.05, 0) is 0 Å². The van der Waals surface area contributed by atoms with Crippen LogP contribution in [0.2, 0.25) is 0 Å². The van der Waals surface area contributed by atoms with E-state index >= 15 is 0 Å². The van der Waals surface area contributed by atoms with Gasteiger partial charge in [0.15, 0.2) is 0 Å². The third-order valence-electron chi connectivity index (χ3n) is 2.60. The van der Waals surface area contributed by atoms with Gasteiger partial charge in [-0.2, -0.15) is 0 Å². The molecule has 2 aromatic rings. The van der Waals surface area contributed by atoms with Crippen molar-refractivity contribution >= 4 is 5.71 Å². The molecule has 1 aliphatic rings. The van der Waals surface area contributed by atoms with Crippen LogP contribution in [0.15, 0.2) is 46.4 Å². The largest absolute Gasteiger partial charge is 0.313 e. The van der Waals surface area contributed by atoms with E-state index in [4.69, 9.17) is 0 Å². The van der Waals surface area contributed by atoms with Crippen molar-refractivity contribution in [3.05, 3.63) is 63.8 Å². The van der Waals surface area contributed by atoms with E-state index in [0.29, 0.717) is 12.1 Å². The number of hydrogen-bond donors (Lipinski definition) is 1. The molecule has 2 heterocycles. The lowest BCUT2D eigenvalue weighted by molar-refractivity contribution is 0.978. The van der Waals surface area contributed by atoms with Crippen molar-refractivity contribution in [2.24, 2.45) is 4.99 Å². The summed E-state index contributed by atoms with van der Waals surface area (Å²) in [5.41, 5.74) is 2.94. The van der Waals surface area contributed by atoms with Crippen molar-refractivity contribution in [2.45, 2.75) is 6.54 Å². The van der Waals surface area contributed by atoms with E-state index in [1.165, 1.54) is 6.33 Å². The van der Waals surface area contributed by atoms with Crippen molar-refractivity contribution in [3.8, 4) is 0 Å². The first-order valence-electron chi connectivity index (χ1n) is 5.03. The van der Waals surface area contributed by atoms with Gasteiger partial charge in [0.05, 0.1) is 29.8 Å². The standard InChI is InChI=1S/C12H9N3O/c16-12-10-9(14-7-15-12)6-13-11(10)8-4-2-1-3-5-8/h1-5,7H,6H2,(H,14,15,16). The fourth-order valence-electron chi connectivity index (χ4n) is 1.87. The Kier molecular flexibility index (Phi) is 1.93. The van der Waals surface area contributed by atoms with Gasteiger partial charge in [0.2, 0.25) is 0 Å². The summed E-state index contributed by atoms with van der Waals surface area (Å²) in [6.45, 7) is 0.490. The SMILES string of the molecule is O=c1[nH]cnc2c1C(c1ccccc1)=NC2. The van der Waals surface area contributed by atoms with Crippen molar-refractivity contribution in [1.82, 2.24) is 9.97 Å². The Morgan fingerprint density at radius 1 is 1.19 bits per heavy atom. The number of hydrogen-bond acceptors (Lipinski definition) is 3. The Bertz CT molecular complexity index is 614. The predicted molar refractivity (Wildman–Crippen MR) is 60.6 cm³/mol. The molecule has 0 unspecified atom stereocenters. The molecule has 4 nitrogen and oxygen atoms in total. The minimum atomic E-state index is -0.120. The highest BCUT2D eigenvalue weighted by atomic mass is 16.1. The molecule has 1 aromatic carbocycles. The first kappa shape index (κ1) is 9.03. The molecule has 78 valence electrons. The van der Waals surface area contributed by atoms with Crippen LogP contribution in [-0.2, 0) is 6.54 Å². The van der Waals surface area contributed by atoms with Crippen molar-refractivity contribution < 1.29 is 0 Å². The molecule has 0 radical (unpaired) electrons. The zero-order valence-electron chi connectivity index (χ0n) is 8.47. The predicted octanol–water partition coefficient (Wildman–Crippen LogP) is 1.12. The fourth-order valence-corrected chi connectivity index (χ4v) is 1.87. The molecule has 1 aromatic heterocycles. The van der Waals surface area contributed by atoms with Gasteiger partial charge in [0.1, 0.15) is 0 Å². The first-order valence-corrected chi connectivity index (χ1v) is 5.03. The number of aromatic nitrogens is 2.